The van der Waals surface area contributed by atoms with E-state index < -0.39 is 23.1 Å². The van der Waals surface area contributed by atoms with Crippen LogP contribution in [0.3, 0.4) is 0 Å². The van der Waals surface area contributed by atoms with Gasteiger partial charge in [0.05, 0.1) is 25.7 Å². The fourth-order valence-corrected chi connectivity index (χ4v) is 2.20. The van der Waals surface area contributed by atoms with Crippen LogP contribution in [-0.4, -0.2) is 22.6 Å². The number of aromatic nitrogens is 2. The maximum Gasteiger partial charge on any atom is 0.257 e. The highest BCUT2D eigenvalue weighted by Gasteiger charge is 2.19. The number of ether oxygens (including phenoxy) is 1. The summed E-state index contributed by atoms with van der Waals surface area (Å²) in [4.78, 5) is 16.1. The molecule has 1 heterocycles. The first kappa shape index (κ1) is 16.9. The molecule has 1 aromatic heterocycles. The average molecular weight is 323 g/mol. The van der Waals surface area contributed by atoms with Gasteiger partial charge in [-0.05, 0) is 5.92 Å². The lowest BCUT2D eigenvalue weighted by atomic mass is 10.1. The molecule has 0 aliphatic carbocycles. The zero-order valence-corrected chi connectivity index (χ0v) is 13.3. The fourth-order valence-electron chi connectivity index (χ4n) is 2.20. The van der Waals surface area contributed by atoms with E-state index in [1.54, 1.807) is 12.5 Å². The molecule has 0 saturated heterocycles. The number of rotatable bonds is 6. The van der Waals surface area contributed by atoms with Gasteiger partial charge in [-0.15, -0.1) is 0 Å². The summed E-state index contributed by atoms with van der Waals surface area (Å²) < 4.78 is 34.4. The fraction of sp³-hybridized carbons (Fsp3) is 0.375. The normalized spacial score (nSPS) is 10.9. The minimum Gasteiger partial charge on any atom is -0.497 e. The molecule has 0 spiro atoms. The zero-order valence-electron chi connectivity index (χ0n) is 13.3. The molecule has 5 nitrogen and oxygen atoms in total. The largest absolute Gasteiger partial charge is 0.497 e. The minimum absolute atomic E-state index is 0.0200. The molecule has 7 heteroatoms. The van der Waals surface area contributed by atoms with Crippen LogP contribution in [0, 0.1) is 17.6 Å². The van der Waals surface area contributed by atoms with E-state index in [2.05, 4.69) is 24.1 Å². The van der Waals surface area contributed by atoms with Crippen molar-refractivity contribution in [3.8, 4) is 5.75 Å². The first-order chi connectivity index (χ1) is 10.9. The Kier molecular flexibility index (Phi) is 5.31. The number of hydrogen-bond acceptors (Lipinski definition) is 3. The van der Waals surface area contributed by atoms with E-state index in [4.69, 9.17) is 4.74 Å². The maximum atomic E-state index is 13.9. The lowest BCUT2D eigenvalue weighted by Gasteiger charge is -2.12. The number of halogens is 2. The molecule has 124 valence electrons. The Bertz CT molecular complexity index is 675. The highest BCUT2D eigenvalue weighted by molar-refractivity contribution is 5.94. The summed E-state index contributed by atoms with van der Waals surface area (Å²) >= 11 is 0. The van der Waals surface area contributed by atoms with Crippen LogP contribution >= 0.6 is 0 Å². The number of methoxy groups -OCH3 is 1. The van der Waals surface area contributed by atoms with Gasteiger partial charge in [-0.25, -0.2) is 13.8 Å². The lowest BCUT2D eigenvalue weighted by molar-refractivity contribution is 0.0941. The van der Waals surface area contributed by atoms with Crippen molar-refractivity contribution in [1.82, 2.24) is 14.9 Å². The number of nitrogens with zero attached hydrogens (tertiary/aromatic N) is 2. The molecule has 0 aliphatic heterocycles. The van der Waals surface area contributed by atoms with Crippen molar-refractivity contribution in [2.24, 2.45) is 5.92 Å². The lowest BCUT2D eigenvalue weighted by Crippen LogP contribution is -2.26. The molecular formula is C16H19F2N3O2. The average Bonchev–Trinajstić information content (AvgIpc) is 2.90. The molecule has 1 N–H and O–H groups in total. The molecular weight excluding hydrogens is 304 g/mol. The maximum absolute atomic E-state index is 13.9. The molecule has 2 rings (SSSR count). The Balaban J connectivity index is 2.10. The van der Waals surface area contributed by atoms with Crippen LogP contribution in [0.15, 0.2) is 24.7 Å². The van der Waals surface area contributed by atoms with Gasteiger partial charge in [-0.3, -0.25) is 4.79 Å². The first-order valence-corrected chi connectivity index (χ1v) is 7.22. The second-order valence-electron chi connectivity index (χ2n) is 5.58. The summed E-state index contributed by atoms with van der Waals surface area (Å²) in [7, 11) is 1.30. The van der Waals surface area contributed by atoms with Crippen LogP contribution < -0.4 is 10.1 Å². The molecule has 0 fully saturated rings. The third-order valence-corrected chi connectivity index (χ3v) is 3.27. The molecule has 0 saturated carbocycles. The number of carbonyl (C=O) groups is 1. The van der Waals surface area contributed by atoms with Crippen molar-refractivity contribution in [3.05, 3.63) is 47.5 Å². The Morgan fingerprint density at radius 2 is 2.00 bits per heavy atom. The van der Waals surface area contributed by atoms with E-state index in [0.717, 1.165) is 24.4 Å². The zero-order chi connectivity index (χ0) is 17.0. The van der Waals surface area contributed by atoms with E-state index in [9.17, 15) is 13.6 Å². The van der Waals surface area contributed by atoms with Crippen molar-refractivity contribution in [3.63, 3.8) is 0 Å². The molecule has 23 heavy (non-hydrogen) atoms. The Hall–Kier alpha value is -2.44. The van der Waals surface area contributed by atoms with Crippen LogP contribution in [0.25, 0.3) is 0 Å². The summed E-state index contributed by atoms with van der Waals surface area (Å²) in [5.74, 6) is -2.31. The van der Waals surface area contributed by atoms with Crippen LogP contribution in [0.5, 0.6) is 5.75 Å². The smallest absolute Gasteiger partial charge is 0.257 e. The molecule has 1 aromatic carbocycles. The van der Waals surface area contributed by atoms with E-state index in [0.29, 0.717) is 5.92 Å². The van der Waals surface area contributed by atoms with Crippen molar-refractivity contribution in [2.45, 2.75) is 26.9 Å². The van der Waals surface area contributed by atoms with E-state index >= 15 is 0 Å². The van der Waals surface area contributed by atoms with Crippen LogP contribution in [0.2, 0.25) is 0 Å². The van der Waals surface area contributed by atoms with Crippen LogP contribution in [-0.2, 0) is 13.1 Å². The topological polar surface area (TPSA) is 56.1 Å². The third kappa shape index (κ3) is 4.06. The van der Waals surface area contributed by atoms with Crippen molar-refractivity contribution in [1.29, 1.82) is 0 Å². The predicted octanol–water partition coefficient (Wildman–Crippen LogP) is 2.76. The standard InChI is InChI=1S/C16H19F2N3O2/c1-10(2)8-21-9-19-6-11(21)7-20-16(22)15-13(17)4-12(23-3)5-14(15)18/h4-6,9-10H,7-8H2,1-3H3,(H,20,22). The summed E-state index contributed by atoms with van der Waals surface area (Å²) in [6.07, 6.45) is 3.28. The van der Waals surface area contributed by atoms with Gasteiger partial charge in [-0.1, -0.05) is 13.8 Å². The molecule has 0 radical (unpaired) electrons. The number of carbonyl (C=O) groups excluding carboxylic acids is 1. The van der Waals surface area contributed by atoms with E-state index in [1.165, 1.54) is 7.11 Å². The van der Waals surface area contributed by atoms with Gasteiger partial charge in [0, 0.05) is 24.9 Å². The predicted molar refractivity (Wildman–Crippen MR) is 81.1 cm³/mol. The molecule has 0 unspecified atom stereocenters. The van der Waals surface area contributed by atoms with E-state index in [-0.39, 0.29) is 12.3 Å². The second-order valence-corrected chi connectivity index (χ2v) is 5.58. The first-order valence-electron chi connectivity index (χ1n) is 7.22. The van der Waals surface area contributed by atoms with Gasteiger partial charge in [0.2, 0.25) is 0 Å². The monoisotopic (exact) mass is 323 g/mol. The minimum atomic E-state index is -0.963. The van der Waals surface area contributed by atoms with Crippen LogP contribution in [0.4, 0.5) is 8.78 Å². The summed E-state index contributed by atoms with van der Waals surface area (Å²) in [6, 6.07) is 1.95. The SMILES string of the molecule is COc1cc(F)c(C(=O)NCc2cncn2CC(C)C)c(F)c1. The van der Waals surface area contributed by atoms with Gasteiger partial charge in [0.1, 0.15) is 22.9 Å². The van der Waals surface area contributed by atoms with Gasteiger partial charge >= 0.3 is 0 Å². The van der Waals surface area contributed by atoms with Gasteiger partial charge in [0.25, 0.3) is 5.91 Å². The van der Waals surface area contributed by atoms with Crippen molar-refractivity contribution < 1.29 is 18.3 Å². The number of nitrogens with one attached hydrogen (secondary N) is 1. The Morgan fingerprint density at radius 3 is 2.57 bits per heavy atom. The number of imidazole rings is 1. The summed E-state index contributed by atoms with van der Waals surface area (Å²) in [5.41, 5.74) is 0.141. The highest BCUT2D eigenvalue weighted by atomic mass is 19.1. The summed E-state index contributed by atoms with van der Waals surface area (Å²) in [5, 5.41) is 2.51. The summed E-state index contributed by atoms with van der Waals surface area (Å²) in [6.45, 7) is 5.00. The van der Waals surface area contributed by atoms with Crippen molar-refractivity contribution in [2.75, 3.05) is 7.11 Å². The second kappa shape index (κ2) is 7.21. The number of amides is 1. The third-order valence-electron chi connectivity index (χ3n) is 3.27. The number of benzene rings is 1. The van der Waals surface area contributed by atoms with Gasteiger partial charge in [-0.2, -0.15) is 0 Å². The molecule has 0 aliphatic rings. The Morgan fingerprint density at radius 1 is 1.35 bits per heavy atom. The molecule has 0 atom stereocenters. The Labute approximate surface area is 133 Å². The van der Waals surface area contributed by atoms with Gasteiger partial charge in [0.15, 0.2) is 0 Å². The quantitative estimate of drug-likeness (QED) is 0.889. The highest BCUT2D eigenvalue weighted by Crippen LogP contribution is 2.20. The molecule has 0 bridgehead atoms. The van der Waals surface area contributed by atoms with Crippen molar-refractivity contribution >= 4 is 5.91 Å². The van der Waals surface area contributed by atoms with Gasteiger partial charge < -0.3 is 14.6 Å². The van der Waals surface area contributed by atoms with E-state index in [1.807, 2.05) is 4.57 Å². The molecule has 1 amide bonds. The molecule has 2 aromatic rings. The van der Waals surface area contributed by atoms with Crippen LogP contribution in [0.1, 0.15) is 29.9 Å². The number of hydrogen-bond donors (Lipinski definition) is 1.